The Labute approximate surface area is 120 Å². The zero-order valence-electron chi connectivity index (χ0n) is 12.7. The van der Waals surface area contributed by atoms with Crippen molar-refractivity contribution < 1.29 is 19.0 Å². The molecule has 2 atom stereocenters. The predicted octanol–water partition coefficient (Wildman–Crippen LogP) is 0.988. The number of nitrogens with two attached hydrogens (primary N) is 1. The molecule has 0 radical (unpaired) electrons. The monoisotopic (exact) mass is 286 g/mol. The first-order chi connectivity index (χ1) is 9.34. The molecule has 2 rings (SSSR count). The third-order valence-corrected chi connectivity index (χ3v) is 3.62. The third kappa shape index (κ3) is 3.84. The van der Waals surface area contributed by atoms with E-state index in [0.29, 0.717) is 45.4 Å². The normalized spacial score (nSPS) is 31.4. The van der Waals surface area contributed by atoms with E-state index >= 15 is 0 Å². The van der Waals surface area contributed by atoms with E-state index in [1.807, 2.05) is 20.8 Å². The number of amides is 1. The standard InChI is InChI=1S/C14H26N2O4/c1-13(2,3)20-12(17)16-4-5-18-10-14(9-16)6-11(7-15)8-19-14/h11H,4-10,15H2,1-3H3/t11-,14-/m1/s1. The molecule has 1 spiro atoms. The minimum atomic E-state index is -0.492. The van der Waals surface area contributed by atoms with Gasteiger partial charge < -0.3 is 24.8 Å². The Kier molecular flexibility index (Phi) is 4.56. The predicted molar refractivity (Wildman–Crippen MR) is 74.5 cm³/mol. The highest BCUT2D eigenvalue weighted by atomic mass is 16.6. The molecular weight excluding hydrogens is 260 g/mol. The highest BCUT2D eigenvalue weighted by molar-refractivity contribution is 5.68. The molecule has 2 aliphatic rings. The van der Waals surface area contributed by atoms with Gasteiger partial charge in [-0.1, -0.05) is 0 Å². The van der Waals surface area contributed by atoms with Crippen LogP contribution in [0.2, 0.25) is 0 Å². The number of carbonyl (C=O) groups is 1. The number of hydrogen-bond acceptors (Lipinski definition) is 5. The maximum Gasteiger partial charge on any atom is 0.410 e. The lowest BCUT2D eigenvalue weighted by molar-refractivity contribution is -0.0575. The molecule has 20 heavy (non-hydrogen) atoms. The lowest BCUT2D eigenvalue weighted by atomic mass is 9.94. The fourth-order valence-corrected chi connectivity index (χ4v) is 2.69. The van der Waals surface area contributed by atoms with Gasteiger partial charge in [0.2, 0.25) is 0 Å². The largest absolute Gasteiger partial charge is 0.444 e. The van der Waals surface area contributed by atoms with E-state index in [1.165, 1.54) is 0 Å². The Balaban J connectivity index is 2.02. The molecule has 2 fully saturated rings. The number of carbonyl (C=O) groups excluding carboxylic acids is 1. The third-order valence-electron chi connectivity index (χ3n) is 3.62. The fourth-order valence-electron chi connectivity index (χ4n) is 2.69. The van der Waals surface area contributed by atoms with Gasteiger partial charge in [-0.3, -0.25) is 0 Å². The molecule has 0 saturated carbocycles. The average molecular weight is 286 g/mol. The maximum absolute atomic E-state index is 12.2. The Morgan fingerprint density at radius 2 is 2.25 bits per heavy atom. The minimum Gasteiger partial charge on any atom is -0.444 e. The van der Waals surface area contributed by atoms with Gasteiger partial charge in [0.05, 0.1) is 26.4 Å². The lowest BCUT2D eigenvalue weighted by Crippen LogP contribution is -2.47. The first-order valence-corrected chi connectivity index (χ1v) is 7.23. The molecule has 0 aromatic heterocycles. The van der Waals surface area contributed by atoms with Crippen molar-refractivity contribution in [3.8, 4) is 0 Å². The van der Waals surface area contributed by atoms with E-state index in [0.717, 1.165) is 6.42 Å². The summed E-state index contributed by atoms with van der Waals surface area (Å²) in [7, 11) is 0. The van der Waals surface area contributed by atoms with E-state index in [-0.39, 0.29) is 6.09 Å². The summed E-state index contributed by atoms with van der Waals surface area (Å²) < 4.78 is 17.0. The second-order valence-electron chi connectivity index (χ2n) is 6.75. The molecular formula is C14H26N2O4. The van der Waals surface area contributed by atoms with Gasteiger partial charge in [0.1, 0.15) is 11.2 Å². The van der Waals surface area contributed by atoms with Crippen molar-refractivity contribution in [2.45, 2.75) is 38.4 Å². The van der Waals surface area contributed by atoms with Crippen LogP contribution in [0, 0.1) is 5.92 Å². The van der Waals surface area contributed by atoms with Crippen molar-refractivity contribution in [1.29, 1.82) is 0 Å². The molecule has 2 aliphatic heterocycles. The zero-order valence-corrected chi connectivity index (χ0v) is 12.7. The number of ether oxygens (including phenoxy) is 3. The highest BCUT2D eigenvalue weighted by Gasteiger charge is 2.44. The summed E-state index contributed by atoms with van der Waals surface area (Å²) in [6, 6.07) is 0. The Hall–Kier alpha value is -0.850. The van der Waals surface area contributed by atoms with Crippen LogP contribution in [-0.4, -0.2) is 61.7 Å². The molecule has 2 N–H and O–H groups in total. The zero-order chi connectivity index (χ0) is 14.8. The minimum absolute atomic E-state index is 0.304. The summed E-state index contributed by atoms with van der Waals surface area (Å²) >= 11 is 0. The molecule has 116 valence electrons. The van der Waals surface area contributed by atoms with Crippen LogP contribution in [0.4, 0.5) is 4.79 Å². The van der Waals surface area contributed by atoms with Crippen molar-refractivity contribution in [1.82, 2.24) is 4.90 Å². The molecule has 0 unspecified atom stereocenters. The van der Waals surface area contributed by atoms with Crippen LogP contribution < -0.4 is 5.73 Å². The second kappa shape index (κ2) is 5.87. The van der Waals surface area contributed by atoms with Gasteiger partial charge in [0.25, 0.3) is 0 Å². The van der Waals surface area contributed by atoms with Gasteiger partial charge in [-0.25, -0.2) is 4.79 Å². The molecule has 0 aromatic carbocycles. The highest BCUT2D eigenvalue weighted by Crippen LogP contribution is 2.32. The van der Waals surface area contributed by atoms with Crippen LogP contribution in [-0.2, 0) is 14.2 Å². The quantitative estimate of drug-likeness (QED) is 0.778. The van der Waals surface area contributed by atoms with E-state index in [2.05, 4.69) is 0 Å². The molecule has 0 aromatic rings. The Morgan fingerprint density at radius 1 is 1.50 bits per heavy atom. The van der Waals surface area contributed by atoms with Crippen LogP contribution in [0.25, 0.3) is 0 Å². The molecule has 1 amide bonds. The van der Waals surface area contributed by atoms with Gasteiger partial charge in [-0.05, 0) is 39.7 Å². The molecule has 0 bridgehead atoms. The fraction of sp³-hybridized carbons (Fsp3) is 0.929. The van der Waals surface area contributed by atoms with Gasteiger partial charge >= 0.3 is 6.09 Å². The van der Waals surface area contributed by atoms with Crippen LogP contribution >= 0.6 is 0 Å². The van der Waals surface area contributed by atoms with E-state index in [4.69, 9.17) is 19.9 Å². The smallest absolute Gasteiger partial charge is 0.410 e. The summed E-state index contributed by atoms with van der Waals surface area (Å²) in [4.78, 5) is 13.9. The molecule has 2 heterocycles. The SMILES string of the molecule is CC(C)(C)OC(=O)N1CCOC[C@@]2(C[C@H](CN)CO2)C1. The first kappa shape index (κ1) is 15.5. The molecule has 6 heteroatoms. The lowest BCUT2D eigenvalue weighted by Gasteiger charge is -2.32. The summed E-state index contributed by atoms with van der Waals surface area (Å²) in [5, 5.41) is 0. The summed E-state index contributed by atoms with van der Waals surface area (Å²) in [6.45, 7) is 8.92. The van der Waals surface area contributed by atoms with Gasteiger partial charge in [-0.2, -0.15) is 0 Å². The topological polar surface area (TPSA) is 74.0 Å². The Bertz CT molecular complexity index is 356. The number of hydrogen-bond donors (Lipinski definition) is 1. The van der Waals surface area contributed by atoms with Crippen molar-refractivity contribution in [3.05, 3.63) is 0 Å². The van der Waals surface area contributed by atoms with Crippen molar-refractivity contribution in [2.24, 2.45) is 11.7 Å². The molecule has 6 nitrogen and oxygen atoms in total. The van der Waals surface area contributed by atoms with Gasteiger partial charge in [0, 0.05) is 6.54 Å². The first-order valence-electron chi connectivity index (χ1n) is 7.23. The van der Waals surface area contributed by atoms with Crippen molar-refractivity contribution >= 4 is 6.09 Å². The van der Waals surface area contributed by atoms with Crippen LogP contribution in [0.3, 0.4) is 0 Å². The summed E-state index contributed by atoms with van der Waals surface area (Å²) in [5.74, 6) is 0.345. The van der Waals surface area contributed by atoms with E-state index < -0.39 is 11.2 Å². The van der Waals surface area contributed by atoms with Crippen LogP contribution in [0.15, 0.2) is 0 Å². The van der Waals surface area contributed by atoms with Crippen LogP contribution in [0.1, 0.15) is 27.2 Å². The second-order valence-corrected chi connectivity index (χ2v) is 6.75. The van der Waals surface area contributed by atoms with E-state index in [9.17, 15) is 4.79 Å². The van der Waals surface area contributed by atoms with Crippen LogP contribution in [0.5, 0.6) is 0 Å². The number of nitrogens with zero attached hydrogens (tertiary/aromatic N) is 1. The Morgan fingerprint density at radius 3 is 2.85 bits per heavy atom. The molecule has 2 saturated heterocycles. The maximum atomic E-state index is 12.2. The molecule has 0 aliphatic carbocycles. The van der Waals surface area contributed by atoms with Crippen molar-refractivity contribution in [3.63, 3.8) is 0 Å². The van der Waals surface area contributed by atoms with Crippen molar-refractivity contribution in [2.75, 3.05) is 39.5 Å². The summed E-state index contributed by atoms with van der Waals surface area (Å²) in [6.07, 6.45) is 0.533. The van der Waals surface area contributed by atoms with Gasteiger partial charge in [0.15, 0.2) is 0 Å². The van der Waals surface area contributed by atoms with Gasteiger partial charge in [-0.15, -0.1) is 0 Å². The average Bonchev–Trinajstić information content (AvgIpc) is 2.61. The van der Waals surface area contributed by atoms with E-state index in [1.54, 1.807) is 4.90 Å². The summed E-state index contributed by atoms with van der Waals surface area (Å²) in [5.41, 5.74) is 4.80. The number of rotatable bonds is 1.